The molecule has 14 heavy (non-hydrogen) atoms. The first-order valence-electron chi connectivity index (χ1n) is 4.01. The number of ether oxygens (including phenoxy) is 1. The van der Waals surface area contributed by atoms with E-state index in [0.29, 0.717) is 0 Å². The lowest BCUT2D eigenvalue weighted by molar-refractivity contribution is -0.0534. The summed E-state index contributed by atoms with van der Waals surface area (Å²) in [4.78, 5) is 0. The van der Waals surface area contributed by atoms with Crippen LogP contribution in [0.5, 0.6) is 5.88 Å². The van der Waals surface area contributed by atoms with Gasteiger partial charge in [0.05, 0.1) is 5.54 Å². The molecule has 0 aliphatic carbocycles. The van der Waals surface area contributed by atoms with Crippen LogP contribution in [0.4, 0.5) is 8.78 Å². The van der Waals surface area contributed by atoms with Crippen molar-refractivity contribution >= 4 is 11.6 Å². The van der Waals surface area contributed by atoms with Crippen LogP contribution >= 0.6 is 11.6 Å². The maximum atomic E-state index is 11.9. The summed E-state index contributed by atoms with van der Waals surface area (Å²) < 4.78 is 29.4. The molecule has 0 aliphatic rings. The SMILES string of the molecule is CC(C)(C)n1cc(Cl)c(OC(F)F)n1. The highest BCUT2D eigenvalue weighted by Crippen LogP contribution is 2.26. The molecule has 0 unspecified atom stereocenters. The first kappa shape index (κ1) is 11.2. The van der Waals surface area contributed by atoms with Crippen molar-refractivity contribution in [3.8, 4) is 5.88 Å². The third-order valence-corrected chi connectivity index (χ3v) is 1.79. The van der Waals surface area contributed by atoms with E-state index in [0.717, 1.165) is 0 Å². The lowest BCUT2D eigenvalue weighted by Gasteiger charge is -2.18. The molecule has 0 bridgehead atoms. The number of nitrogens with zero attached hydrogens (tertiary/aromatic N) is 2. The Morgan fingerprint density at radius 1 is 1.50 bits per heavy atom. The second-order valence-electron chi connectivity index (χ2n) is 3.78. The fraction of sp³-hybridized carbons (Fsp3) is 0.625. The summed E-state index contributed by atoms with van der Waals surface area (Å²) in [5.41, 5.74) is -0.312. The molecule has 0 saturated carbocycles. The minimum atomic E-state index is -2.91. The Kier molecular flexibility index (Phi) is 2.99. The molecule has 0 spiro atoms. The van der Waals surface area contributed by atoms with Gasteiger partial charge in [0.25, 0.3) is 5.88 Å². The molecule has 0 saturated heterocycles. The lowest BCUT2D eigenvalue weighted by atomic mass is 10.1. The Morgan fingerprint density at radius 2 is 2.07 bits per heavy atom. The molecule has 0 N–H and O–H groups in total. The van der Waals surface area contributed by atoms with E-state index in [4.69, 9.17) is 11.6 Å². The van der Waals surface area contributed by atoms with Gasteiger partial charge in [-0.25, -0.2) is 0 Å². The van der Waals surface area contributed by atoms with Crippen molar-refractivity contribution in [2.45, 2.75) is 32.9 Å². The number of halogens is 3. The smallest absolute Gasteiger partial charge is 0.388 e. The number of hydrogen-bond acceptors (Lipinski definition) is 2. The highest BCUT2D eigenvalue weighted by Gasteiger charge is 2.19. The van der Waals surface area contributed by atoms with E-state index in [9.17, 15) is 8.78 Å². The molecule has 0 aliphatic heterocycles. The van der Waals surface area contributed by atoms with Gasteiger partial charge in [-0.3, -0.25) is 4.68 Å². The van der Waals surface area contributed by atoms with Crippen LogP contribution in [0.15, 0.2) is 6.20 Å². The molecule has 80 valence electrons. The molecule has 1 aromatic heterocycles. The first-order valence-corrected chi connectivity index (χ1v) is 4.39. The number of aromatic nitrogens is 2. The standard InChI is InChI=1S/C8H11ClF2N2O/c1-8(2,3)13-4-5(9)6(12-13)14-7(10)11/h4,7H,1-3H3. The van der Waals surface area contributed by atoms with Crippen LogP contribution < -0.4 is 4.74 Å². The van der Waals surface area contributed by atoms with E-state index < -0.39 is 6.61 Å². The second kappa shape index (κ2) is 3.73. The average molecular weight is 225 g/mol. The van der Waals surface area contributed by atoms with Gasteiger partial charge in [0.15, 0.2) is 0 Å². The van der Waals surface area contributed by atoms with Gasteiger partial charge in [0.2, 0.25) is 0 Å². The molecule has 6 heteroatoms. The molecule has 0 radical (unpaired) electrons. The zero-order chi connectivity index (χ0) is 10.9. The molecule has 0 aromatic carbocycles. The number of alkyl halides is 2. The fourth-order valence-corrected chi connectivity index (χ4v) is 1.02. The molecule has 3 nitrogen and oxygen atoms in total. The second-order valence-corrected chi connectivity index (χ2v) is 4.18. The van der Waals surface area contributed by atoms with Crippen molar-refractivity contribution in [3.05, 3.63) is 11.2 Å². The minimum Gasteiger partial charge on any atom is -0.414 e. The average Bonchev–Trinajstić information content (AvgIpc) is 2.30. The largest absolute Gasteiger partial charge is 0.414 e. The van der Waals surface area contributed by atoms with Crippen molar-refractivity contribution in [3.63, 3.8) is 0 Å². The van der Waals surface area contributed by atoms with Crippen LogP contribution in [-0.4, -0.2) is 16.4 Å². The van der Waals surface area contributed by atoms with Crippen molar-refractivity contribution in [1.82, 2.24) is 9.78 Å². The van der Waals surface area contributed by atoms with Crippen LogP contribution in [0.25, 0.3) is 0 Å². The zero-order valence-corrected chi connectivity index (χ0v) is 8.85. The topological polar surface area (TPSA) is 27.1 Å². The van der Waals surface area contributed by atoms with E-state index in [1.165, 1.54) is 10.9 Å². The molecule has 1 aromatic rings. The van der Waals surface area contributed by atoms with E-state index in [2.05, 4.69) is 9.84 Å². The molecule has 0 fully saturated rings. The minimum absolute atomic E-state index is 0.0835. The van der Waals surface area contributed by atoms with Gasteiger partial charge in [-0.2, -0.15) is 8.78 Å². The molecule has 1 heterocycles. The fourth-order valence-electron chi connectivity index (χ4n) is 0.845. The Morgan fingerprint density at radius 3 is 2.43 bits per heavy atom. The Labute approximate surface area is 85.6 Å². The van der Waals surface area contributed by atoms with Crippen molar-refractivity contribution in [2.75, 3.05) is 0 Å². The van der Waals surface area contributed by atoms with Crippen molar-refractivity contribution in [2.24, 2.45) is 0 Å². The van der Waals surface area contributed by atoms with Crippen LogP contribution in [0.2, 0.25) is 5.02 Å². The Bertz CT molecular complexity index is 320. The van der Waals surface area contributed by atoms with Gasteiger partial charge in [-0.05, 0) is 20.8 Å². The number of rotatable bonds is 2. The maximum Gasteiger partial charge on any atom is 0.388 e. The predicted molar refractivity (Wildman–Crippen MR) is 48.9 cm³/mol. The summed E-state index contributed by atoms with van der Waals surface area (Å²) in [5, 5.41) is 3.89. The molecule has 0 amide bonds. The summed E-state index contributed by atoms with van der Waals surface area (Å²) in [6, 6.07) is 0. The molecular weight excluding hydrogens is 214 g/mol. The van der Waals surface area contributed by atoms with Crippen LogP contribution in [0.3, 0.4) is 0 Å². The Hall–Kier alpha value is -0.840. The van der Waals surface area contributed by atoms with Crippen molar-refractivity contribution < 1.29 is 13.5 Å². The monoisotopic (exact) mass is 224 g/mol. The summed E-state index contributed by atoms with van der Waals surface area (Å²) in [6.07, 6.45) is 1.46. The van der Waals surface area contributed by atoms with Crippen LogP contribution in [0, 0.1) is 0 Å². The molecule has 1 rings (SSSR count). The van der Waals surface area contributed by atoms with Gasteiger partial charge >= 0.3 is 6.61 Å². The first-order chi connectivity index (χ1) is 6.30. The highest BCUT2D eigenvalue weighted by atomic mass is 35.5. The maximum absolute atomic E-state index is 11.9. The van der Waals surface area contributed by atoms with Crippen LogP contribution in [-0.2, 0) is 5.54 Å². The summed E-state index contributed by atoms with van der Waals surface area (Å²) >= 11 is 5.65. The van der Waals surface area contributed by atoms with Gasteiger partial charge in [0.1, 0.15) is 5.02 Å². The lowest BCUT2D eigenvalue weighted by Crippen LogP contribution is -2.22. The zero-order valence-electron chi connectivity index (χ0n) is 8.09. The van der Waals surface area contributed by atoms with Gasteiger partial charge in [0, 0.05) is 6.20 Å². The molecule has 0 atom stereocenters. The third kappa shape index (κ3) is 2.57. The van der Waals surface area contributed by atoms with E-state index >= 15 is 0 Å². The van der Waals surface area contributed by atoms with Crippen molar-refractivity contribution in [1.29, 1.82) is 0 Å². The van der Waals surface area contributed by atoms with Gasteiger partial charge < -0.3 is 4.74 Å². The van der Waals surface area contributed by atoms with E-state index in [-0.39, 0.29) is 16.4 Å². The highest BCUT2D eigenvalue weighted by molar-refractivity contribution is 6.31. The van der Waals surface area contributed by atoms with Crippen LogP contribution in [0.1, 0.15) is 20.8 Å². The van der Waals surface area contributed by atoms with Gasteiger partial charge in [-0.1, -0.05) is 11.6 Å². The third-order valence-electron chi connectivity index (χ3n) is 1.53. The summed E-state index contributed by atoms with van der Waals surface area (Å²) in [6.45, 7) is 2.73. The van der Waals surface area contributed by atoms with E-state index in [1.807, 2.05) is 20.8 Å². The number of hydrogen-bond donors (Lipinski definition) is 0. The quantitative estimate of drug-likeness (QED) is 0.772. The van der Waals surface area contributed by atoms with Gasteiger partial charge in [-0.15, -0.1) is 5.10 Å². The van der Waals surface area contributed by atoms with E-state index in [1.54, 1.807) is 0 Å². The summed E-state index contributed by atoms with van der Waals surface area (Å²) in [7, 11) is 0. The Balaban J connectivity index is 2.94. The predicted octanol–water partition coefficient (Wildman–Crippen LogP) is 2.89. The molecular formula is C8H11ClF2N2O. The summed E-state index contributed by atoms with van der Waals surface area (Å²) in [5.74, 6) is -0.239. The normalized spacial score (nSPS) is 12.2.